The van der Waals surface area contributed by atoms with Crippen LogP contribution in [0.5, 0.6) is 0 Å². The van der Waals surface area contributed by atoms with E-state index < -0.39 is 0 Å². The Bertz CT molecular complexity index is 939. The van der Waals surface area contributed by atoms with Gasteiger partial charge in [-0.25, -0.2) is 9.97 Å². The molecule has 2 unspecified atom stereocenters. The van der Waals surface area contributed by atoms with Crippen LogP contribution in [0.15, 0.2) is 18.2 Å². The summed E-state index contributed by atoms with van der Waals surface area (Å²) in [7, 11) is 0. The molecule has 0 aliphatic rings. The molecular weight excluding hydrogens is 326 g/mol. The molecule has 1 aromatic heterocycles. The number of hydrogen-bond acceptors (Lipinski definition) is 5. The molecule has 0 N–H and O–H groups in total. The van der Waals surface area contributed by atoms with E-state index in [1.54, 1.807) is 18.2 Å². The van der Waals surface area contributed by atoms with Gasteiger partial charge in [-0.15, -0.1) is 0 Å². The van der Waals surface area contributed by atoms with E-state index in [0.29, 0.717) is 41.2 Å². The van der Waals surface area contributed by atoms with Gasteiger partial charge in [0.15, 0.2) is 0 Å². The van der Waals surface area contributed by atoms with E-state index in [4.69, 9.17) is 14.7 Å². The van der Waals surface area contributed by atoms with Gasteiger partial charge in [0, 0.05) is 13.2 Å². The van der Waals surface area contributed by atoms with Crippen LogP contribution in [0.1, 0.15) is 44.6 Å². The Hall–Kier alpha value is -2.91. The summed E-state index contributed by atoms with van der Waals surface area (Å²) in [6, 6.07) is 7.27. The zero-order valence-corrected chi connectivity index (χ0v) is 15.5. The Balaban J connectivity index is 2.52. The van der Waals surface area contributed by atoms with Crippen LogP contribution < -0.4 is 0 Å². The molecule has 1 aromatic carbocycles. The molecule has 0 saturated heterocycles. The maximum Gasteiger partial charge on any atom is 0.148 e. The predicted molar refractivity (Wildman–Crippen MR) is 100 cm³/mol. The summed E-state index contributed by atoms with van der Waals surface area (Å²) in [5, 5.41) is 9.07. The number of ether oxygens (including phenoxy) is 2. The average Bonchev–Trinajstić information content (AvgIpc) is 2.64. The van der Waals surface area contributed by atoms with Gasteiger partial charge in [-0.05, 0) is 57.7 Å². The molecule has 0 amide bonds. The summed E-state index contributed by atoms with van der Waals surface area (Å²) in [6.07, 6.45) is -0.423. The molecule has 0 fully saturated rings. The van der Waals surface area contributed by atoms with Crippen molar-refractivity contribution in [2.45, 2.75) is 39.9 Å². The van der Waals surface area contributed by atoms with E-state index in [0.717, 1.165) is 0 Å². The Labute approximate surface area is 154 Å². The summed E-state index contributed by atoms with van der Waals surface area (Å²) >= 11 is 0. The molecule has 2 atom stereocenters. The van der Waals surface area contributed by atoms with Gasteiger partial charge in [0.1, 0.15) is 23.6 Å². The molecule has 2 aromatic rings. The van der Waals surface area contributed by atoms with E-state index in [1.807, 2.05) is 27.7 Å². The Morgan fingerprint density at radius 2 is 1.46 bits per heavy atom. The fourth-order valence-electron chi connectivity index (χ4n) is 2.22. The van der Waals surface area contributed by atoms with E-state index in [1.165, 1.54) is 0 Å². The van der Waals surface area contributed by atoms with Gasteiger partial charge in [-0.3, -0.25) is 0 Å². The summed E-state index contributed by atoms with van der Waals surface area (Å²) in [5.41, 5.74) is 2.76. The summed E-state index contributed by atoms with van der Waals surface area (Å²) < 4.78 is 10.9. The van der Waals surface area contributed by atoms with Crippen molar-refractivity contribution in [1.29, 1.82) is 5.26 Å². The zero-order valence-electron chi connectivity index (χ0n) is 15.5. The van der Waals surface area contributed by atoms with Crippen molar-refractivity contribution in [2.24, 2.45) is 0 Å². The first-order chi connectivity index (χ1) is 12.6. The number of benzene rings is 1. The summed E-state index contributed by atoms with van der Waals surface area (Å²) in [5.74, 6) is 12.0. The third-order valence-electron chi connectivity index (χ3n) is 3.41. The third-order valence-corrected chi connectivity index (χ3v) is 3.41. The quantitative estimate of drug-likeness (QED) is 0.795. The van der Waals surface area contributed by atoms with Gasteiger partial charge in [0.25, 0.3) is 0 Å². The van der Waals surface area contributed by atoms with Crippen LogP contribution in [-0.2, 0) is 9.47 Å². The maximum absolute atomic E-state index is 9.07. The molecular formula is C21H21N3O2. The molecule has 0 aliphatic heterocycles. The number of rotatable bonds is 4. The van der Waals surface area contributed by atoms with Crippen molar-refractivity contribution in [3.8, 4) is 29.8 Å². The molecule has 0 spiro atoms. The maximum atomic E-state index is 9.07. The molecule has 5 heteroatoms. The smallest absolute Gasteiger partial charge is 0.148 e. The van der Waals surface area contributed by atoms with Crippen molar-refractivity contribution in [3.05, 3.63) is 35.2 Å². The summed E-state index contributed by atoms with van der Waals surface area (Å²) in [6.45, 7) is 8.78. The molecule has 132 valence electrons. The van der Waals surface area contributed by atoms with Gasteiger partial charge in [-0.2, -0.15) is 5.26 Å². The van der Waals surface area contributed by atoms with Crippen LogP contribution >= 0.6 is 0 Å². The van der Waals surface area contributed by atoms with Gasteiger partial charge < -0.3 is 9.47 Å². The standard InChI is InChI=1S/C21H21N3O2/c1-5-25-15(3)7-10-18-19(11-8-16(4)26-6-2)24-21-13-17(14-22)9-12-20(21)23-18/h9,12-13,15-16H,5-6H2,1-4H3. The second-order valence-corrected chi connectivity index (χ2v) is 5.47. The van der Waals surface area contributed by atoms with Crippen LogP contribution in [0.3, 0.4) is 0 Å². The highest BCUT2D eigenvalue weighted by Crippen LogP contribution is 2.14. The SMILES string of the molecule is CCOC(C)C#Cc1nc2ccc(C#N)cc2nc1C#CC(C)OCC. The lowest BCUT2D eigenvalue weighted by atomic mass is 10.2. The Morgan fingerprint density at radius 3 is 1.96 bits per heavy atom. The van der Waals surface area contributed by atoms with Crippen molar-refractivity contribution in [1.82, 2.24) is 9.97 Å². The first kappa shape index (κ1) is 19.4. The topological polar surface area (TPSA) is 68.0 Å². The lowest BCUT2D eigenvalue weighted by Gasteiger charge is -2.04. The Kier molecular flexibility index (Phi) is 7.12. The van der Waals surface area contributed by atoms with Crippen molar-refractivity contribution in [3.63, 3.8) is 0 Å². The van der Waals surface area contributed by atoms with Gasteiger partial charge in [-0.1, -0.05) is 11.8 Å². The van der Waals surface area contributed by atoms with Gasteiger partial charge >= 0.3 is 0 Å². The number of aromatic nitrogens is 2. The van der Waals surface area contributed by atoms with Crippen LogP contribution in [0, 0.1) is 35.0 Å². The molecule has 26 heavy (non-hydrogen) atoms. The first-order valence-electron chi connectivity index (χ1n) is 8.55. The normalized spacial score (nSPS) is 12.3. The number of fused-ring (bicyclic) bond motifs is 1. The van der Waals surface area contributed by atoms with Crippen LogP contribution in [0.2, 0.25) is 0 Å². The van der Waals surface area contributed by atoms with E-state index >= 15 is 0 Å². The van der Waals surface area contributed by atoms with E-state index in [-0.39, 0.29) is 12.2 Å². The minimum atomic E-state index is -0.217. The predicted octanol–water partition coefficient (Wildman–Crippen LogP) is 3.05. The minimum absolute atomic E-state index is 0.207. The molecule has 5 nitrogen and oxygen atoms in total. The number of nitrogens with zero attached hydrogens (tertiary/aromatic N) is 3. The molecule has 0 saturated carbocycles. The average molecular weight is 347 g/mol. The van der Waals surface area contributed by atoms with Gasteiger partial charge in [0.2, 0.25) is 0 Å². The van der Waals surface area contributed by atoms with Crippen LogP contribution in [-0.4, -0.2) is 35.4 Å². The molecule has 2 rings (SSSR count). The van der Waals surface area contributed by atoms with Gasteiger partial charge in [0.05, 0.1) is 22.7 Å². The monoisotopic (exact) mass is 347 g/mol. The highest BCUT2D eigenvalue weighted by atomic mass is 16.5. The number of nitriles is 1. The highest BCUT2D eigenvalue weighted by molar-refractivity contribution is 5.77. The van der Waals surface area contributed by atoms with Crippen molar-refractivity contribution in [2.75, 3.05) is 13.2 Å². The zero-order chi connectivity index (χ0) is 18.9. The summed E-state index contributed by atoms with van der Waals surface area (Å²) in [4.78, 5) is 9.12. The first-order valence-corrected chi connectivity index (χ1v) is 8.55. The van der Waals surface area contributed by atoms with Crippen molar-refractivity contribution < 1.29 is 9.47 Å². The molecule has 0 bridgehead atoms. The fourth-order valence-corrected chi connectivity index (χ4v) is 2.22. The minimum Gasteiger partial charge on any atom is -0.366 e. The number of hydrogen-bond donors (Lipinski definition) is 0. The molecule has 0 aliphatic carbocycles. The highest BCUT2D eigenvalue weighted by Gasteiger charge is 2.07. The van der Waals surface area contributed by atoms with Crippen LogP contribution in [0.4, 0.5) is 0 Å². The van der Waals surface area contributed by atoms with E-state index in [9.17, 15) is 0 Å². The molecule has 1 heterocycles. The lowest BCUT2D eigenvalue weighted by Crippen LogP contribution is -2.06. The van der Waals surface area contributed by atoms with Crippen LogP contribution in [0.25, 0.3) is 11.0 Å². The second-order valence-electron chi connectivity index (χ2n) is 5.47. The third kappa shape index (κ3) is 5.30. The Morgan fingerprint density at radius 1 is 0.923 bits per heavy atom. The van der Waals surface area contributed by atoms with Crippen molar-refractivity contribution >= 4 is 11.0 Å². The van der Waals surface area contributed by atoms with E-state index in [2.05, 4.69) is 39.7 Å². The fraction of sp³-hybridized carbons (Fsp3) is 0.381. The molecule has 0 radical (unpaired) electrons. The second kappa shape index (κ2) is 9.54. The lowest BCUT2D eigenvalue weighted by molar-refractivity contribution is 0.116. The largest absolute Gasteiger partial charge is 0.366 e.